The molecule has 3 heterocycles. The van der Waals surface area contributed by atoms with Crippen molar-refractivity contribution >= 4 is 75.1 Å². The number of phosphoric acid groups is 3. The smallest absolute Gasteiger partial charge is 0.479 e. The van der Waals surface area contributed by atoms with E-state index in [-0.39, 0.29) is 42.2 Å². The van der Waals surface area contributed by atoms with Crippen molar-refractivity contribution in [2.24, 2.45) is 11.3 Å². The number of aliphatic carboxylic acids is 1. The van der Waals surface area contributed by atoms with Gasteiger partial charge in [-0.2, -0.15) is 4.31 Å². The van der Waals surface area contributed by atoms with Gasteiger partial charge in [-0.05, 0) is 0 Å². The van der Waals surface area contributed by atoms with E-state index in [0.29, 0.717) is 11.8 Å². The van der Waals surface area contributed by atoms with Crippen LogP contribution >= 0.6 is 35.2 Å². The van der Waals surface area contributed by atoms with E-state index in [4.69, 9.17) is 24.6 Å². The number of aromatic nitrogens is 4. The first kappa shape index (κ1) is 48.4. The van der Waals surface area contributed by atoms with Crippen molar-refractivity contribution < 1.29 is 95.5 Å². The molecule has 27 nitrogen and oxygen atoms in total. The van der Waals surface area contributed by atoms with Gasteiger partial charge in [0.1, 0.15) is 36.3 Å². The number of nitrogens with zero attached hydrogens (tertiary/aromatic N) is 4. The molecular weight excluding hydrogens is 855 g/mol. The minimum Gasteiger partial charge on any atom is -0.479 e. The van der Waals surface area contributed by atoms with Crippen LogP contribution in [-0.4, -0.2) is 145 Å². The molecule has 0 bridgehead atoms. The standard InChI is InChI=1S/C26H42N7O20P3S/c1-12(16(35)24(39)40)25(41)57-7-6-28-14(34)4-5-29-22(38)19(37)26(2,3)9-50-56(47,48)53-55(45,46)49-8-13-18(52-54(42,43)44)17(36)23(51-13)33-11-32-15-20(27)30-10-31-21(15)33/h10-13,16-19,23,35-37H,4-9H2,1-3H3,(H,28,34)(H,29,38)(H,39,40)(H,45,46)(H,47,48)(H2,27,30,31)(H2,42,43,44)/t12-,13+,16+,17+,18+,19-,23+/m0/s1. The molecule has 9 atom stereocenters. The van der Waals surface area contributed by atoms with Crippen LogP contribution in [0.2, 0.25) is 0 Å². The Hall–Kier alpha value is -3.01. The van der Waals surface area contributed by atoms with E-state index in [0.717, 1.165) is 17.2 Å². The maximum absolute atomic E-state index is 12.7. The number of anilines is 1. The number of hydrogen-bond acceptors (Lipinski definition) is 20. The third-order valence-corrected chi connectivity index (χ3v) is 12.0. The van der Waals surface area contributed by atoms with E-state index < -0.39 is 108 Å². The molecule has 2 unspecified atom stereocenters. The molecular formula is C26H42N7O20P3S. The third kappa shape index (κ3) is 14.1. The maximum Gasteiger partial charge on any atom is 0.481 e. The number of phosphoric ester groups is 3. The Balaban J connectivity index is 1.48. The van der Waals surface area contributed by atoms with Crippen LogP contribution in [-0.2, 0) is 55.5 Å². The lowest BCUT2D eigenvalue weighted by atomic mass is 9.87. The van der Waals surface area contributed by atoms with E-state index in [1.54, 1.807) is 0 Å². The van der Waals surface area contributed by atoms with Gasteiger partial charge in [-0.15, -0.1) is 0 Å². The van der Waals surface area contributed by atoms with Crippen LogP contribution in [0.5, 0.6) is 0 Å². The van der Waals surface area contributed by atoms with Gasteiger partial charge in [-0.1, -0.05) is 32.5 Å². The molecule has 322 valence electrons. The number of nitrogens with two attached hydrogens (primary N) is 1. The fourth-order valence-corrected chi connectivity index (χ4v) is 8.38. The molecule has 0 saturated carbocycles. The summed E-state index contributed by atoms with van der Waals surface area (Å²) in [6, 6.07) is 0. The minimum atomic E-state index is -5.60. The Morgan fingerprint density at radius 3 is 2.32 bits per heavy atom. The first-order valence-electron chi connectivity index (χ1n) is 16.2. The molecule has 0 aliphatic carbocycles. The second-order valence-corrected chi connectivity index (χ2v) is 18.1. The molecule has 1 saturated heterocycles. The van der Waals surface area contributed by atoms with E-state index >= 15 is 0 Å². The van der Waals surface area contributed by atoms with Crippen LogP contribution < -0.4 is 16.4 Å². The van der Waals surface area contributed by atoms with E-state index in [2.05, 4.69) is 34.4 Å². The number of carboxylic acid groups (broad SMARTS) is 1. The molecule has 0 spiro atoms. The van der Waals surface area contributed by atoms with Gasteiger partial charge in [-0.25, -0.2) is 33.4 Å². The summed E-state index contributed by atoms with van der Waals surface area (Å²) < 4.78 is 61.9. The van der Waals surface area contributed by atoms with Gasteiger partial charge in [0.15, 0.2) is 28.9 Å². The minimum absolute atomic E-state index is 0.0129. The van der Waals surface area contributed by atoms with Gasteiger partial charge in [0, 0.05) is 30.7 Å². The monoisotopic (exact) mass is 897 g/mol. The number of thioether (sulfide) groups is 1. The molecule has 31 heteroatoms. The number of nitrogen functional groups attached to an aromatic ring is 1. The number of carboxylic acids is 1. The second kappa shape index (κ2) is 19.8. The average Bonchev–Trinajstić information content (AvgIpc) is 3.67. The lowest BCUT2D eigenvalue weighted by Crippen LogP contribution is -2.46. The number of imidazole rings is 1. The number of carbonyl (C=O) groups excluding carboxylic acids is 3. The van der Waals surface area contributed by atoms with Crippen molar-refractivity contribution in [3.8, 4) is 0 Å². The van der Waals surface area contributed by atoms with Crippen LogP contribution in [0.15, 0.2) is 12.7 Å². The number of rotatable bonds is 22. The Labute approximate surface area is 326 Å². The van der Waals surface area contributed by atoms with Crippen molar-refractivity contribution in [3.63, 3.8) is 0 Å². The molecule has 1 aliphatic rings. The normalized spacial score (nSPS) is 22.6. The number of amides is 2. The quantitative estimate of drug-likeness (QED) is 0.0439. The van der Waals surface area contributed by atoms with Gasteiger partial charge in [-0.3, -0.25) is 32.5 Å². The Kier molecular flexibility index (Phi) is 16.8. The molecule has 0 aromatic carbocycles. The summed E-state index contributed by atoms with van der Waals surface area (Å²) in [6.07, 6.45) is -9.08. The zero-order valence-corrected chi connectivity index (χ0v) is 33.5. The Morgan fingerprint density at radius 1 is 1.04 bits per heavy atom. The van der Waals surface area contributed by atoms with Crippen LogP contribution in [0.4, 0.5) is 5.82 Å². The van der Waals surface area contributed by atoms with E-state index in [9.17, 15) is 67.8 Å². The lowest BCUT2D eigenvalue weighted by Gasteiger charge is -2.30. The summed E-state index contributed by atoms with van der Waals surface area (Å²) in [5.41, 5.74) is 4.16. The van der Waals surface area contributed by atoms with E-state index in [1.807, 2.05) is 0 Å². The van der Waals surface area contributed by atoms with Crippen LogP contribution in [0.3, 0.4) is 0 Å². The van der Waals surface area contributed by atoms with Gasteiger partial charge in [0.2, 0.25) is 11.8 Å². The van der Waals surface area contributed by atoms with Crippen molar-refractivity contribution in [1.29, 1.82) is 0 Å². The first-order chi connectivity index (χ1) is 26.2. The Bertz CT molecular complexity index is 1920. The molecule has 1 fully saturated rings. The third-order valence-electron chi connectivity index (χ3n) is 7.84. The number of ether oxygens (including phenoxy) is 1. The summed E-state index contributed by atoms with van der Waals surface area (Å²) in [6.45, 7) is 1.26. The average molecular weight is 898 g/mol. The Morgan fingerprint density at radius 2 is 1.68 bits per heavy atom. The molecule has 2 amide bonds. The maximum atomic E-state index is 12.7. The molecule has 0 radical (unpaired) electrons. The number of carbonyl (C=O) groups is 4. The van der Waals surface area contributed by atoms with Crippen molar-refractivity contribution in [1.82, 2.24) is 30.2 Å². The van der Waals surface area contributed by atoms with Crippen LogP contribution in [0.1, 0.15) is 33.4 Å². The summed E-state index contributed by atoms with van der Waals surface area (Å²) in [5.74, 6) is -4.35. The predicted octanol–water partition coefficient (Wildman–Crippen LogP) is -2.25. The highest BCUT2D eigenvalue weighted by molar-refractivity contribution is 8.13. The molecule has 12 N–H and O–H groups in total. The second-order valence-electron chi connectivity index (χ2n) is 12.8. The van der Waals surface area contributed by atoms with Crippen LogP contribution in [0, 0.1) is 11.3 Å². The fraction of sp³-hybridized carbons (Fsp3) is 0.654. The topological polar surface area (TPSA) is 421 Å². The first-order valence-corrected chi connectivity index (χ1v) is 21.7. The van der Waals surface area contributed by atoms with Crippen molar-refractivity contribution in [2.45, 2.75) is 63.9 Å². The van der Waals surface area contributed by atoms with Gasteiger partial charge in [0.25, 0.3) is 0 Å². The van der Waals surface area contributed by atoms with Gasteiger partial charge >= 0.3 is 29.4 Å². The van der Waals surface area contributed by atoms with Crippen LogP contribution in [0.25, 0.3) is 11.2 Å². The molecule has 2 aromatic heterocycles. The number of aliphatic hydroxyl groups is 3. The molecule has 2 aromatic rings. The largest absolute Gasteiger partial charge is 0.481 e. The number of hydrogen-bond donors (Lipinski definition) is 11. The van der Waals surface area contributed by atoms with Gasteiger partial charge < -0.3 is 61.1 Å². The highest BCUT2D eigenvalue weighted by atomic mass is 32.2. The van der Waals surface area contributed by atoms with Gasteiger partial charge in [0.05, 0.1) is 25.5 Å². The highest BCUT2D eigenvalue weighted by Gasteiger charge is 2.50. The fourth-order valence-electron chi connectivity index (χ4n) is 4.76. The predicted molar refractivity (Wildman–Crippen MR) is 190 cm³/mol. The van der Waals surface area contributed by atoms with Crippen molar-refractivity contribution in [2.75, 3.05) is 37.8 Å². The SMILES string of the molecule is C[C@H](C(=O)SCCNC(=O)CCNC(=O)[C@H](O)C(C)(C)COP(=O)(O)OP(=O)(O)OC[C@H]1O[C@@H](n2cnc3c(N)ncnc32)[C@H](O)[C@@H]1OP(=O)(O)O)[C@@H](O)C(=O)O. The summed E-state index contributed by atoms with van der Waals surface area (Å²) in [4.78, 5) is 98.1. The molecule has 3 rings (SSSR count). The molecule has 57 heavy (non-hydrogen) atoms. The number of aliphatic hydroxyl groups excluding tert-OH is 3. The number of nitrogens with one attached hydrogen (secondary N) is 2. The molecule has 1 aliphatic heterocycles. The lowest BCUT2D eigenvalue weighted by molar-refractivity contribution is -0.151. The van der Waals surface area contributed by atoms with E-state index in [1.165, 1.54) is 20.8 Å². The zero-order valence-electron chi connectivity index (χ0n) is 30.0. The summed E-state index contributed by atoms with van der Waals surface area (Å²) >= 11 is 0.701. The van der Waals surface area contributed by atoms with Crippen molar-refractivity contribution in [3.05, 3.63) is 12.7 Å². The zero-order chi connectivity index (χ0) is 43.1. The summed E-state index contributed by atoms with van der Waals surface area (Å²) in [5, 5.41) is 43.7. The number of fused-ring (bicyclic) bond motifs is 1. The summed E-state index contributed by atoms with van der Waals surface area (Å²) in [7, 11) is -16.5. The highest BCUT2D eigenvalue weighted by Crippen LogP contribution is 2.61.